The highest BCUT2D eigenvalue weighted by atomic mass is 35.5. The van der Waals surface area contributed by atoms with E-state index in [-0.39, 0.29) is 12.1 Å². The third-order valence-electron chi connectivity index (χ3n) is 4.43. The van der Waals surface area contributed by atoms with Crippen molar-refractivity contribution in [1.29, 1.82) is 0 Å². The first-order chi connectivity index (χ1) is 12.1. The Labute approximate surface area is 152 Å². The van der Waals surface area contributed by atoms with Crippen molar-refractivity contribution in [2.24, 2.45) is 0 Å². The Balaban J connectivity index is 1.82. The fourth-order valence-corrected chi connectivity index (χ4v) is 3.44. The number of carbonyl (C=O) groups is 1. The molecule has 1 unspecified atom stereocenters. The summed E-state index contributed by atoms with van der Waals surface area (Å²) in [7, 11) is 3.15. The summed E-state index contributed by atoms with van der Waals surface area (Å²) in [5.74, 6) is 1.24. The van der Waals surface area contributed by atoms with E-state index in [0.717, 1.165) is 18.4 Å². The summed E-state index contributed by atoms with van der Waals surface area (Å²) >= 11 is 6.33. The van der Waals surface area contributed by atoms with Gasteiger partial charge in [-0.15, -0.1) is 0 Å². The van der Waals surface area contributed by atoms with E-state index in [1.54, 1.807) is 32.4 Å². The van der Waals surface area contributed by atoms with E-state index >= 15 is 0 Å². The van der Waals surface area contributed by atoms with Crippen molar-refractivity contribution in [1.82, 2.24) is 4.90 Å². The Morgan fingerprint density at radius 1 is 1.20 bits per heavy atom. The molecule has 3 rings (SSSR count). The summed E-state index contributed by atoms with van der Waals surface area (Å²) in [5, 5.41) is 3.62. The molecule has 5 nitrogen and oxygen atoms in total. The van der Waals surface area contributed by atoms with Crippen LogP contribution in [0.1, 0.15) is 24.4 Å². The van der Waals surface area contributed by atoms with Gasteiger partial charge in [0.15, 0.2) is 0 Å². The number of likely N-dealkylation sites (tertiary alicyclic amines) is 1. The van der Waals surface area contributed by atoms with E-state index in [2.05, 4.69) is 5.32 Å². The average molecular weight is 361 g/mol. The molecule has 1 saturated heterocycles. The fraction of sp³-hybridized carbons (Fsp3) is 0.316. The van der Waals surface area contributed by atoms with Crippen LogP contribution >= 0.6 is 11.6 Å². The van der Waals surface area contributed by atoms with E-state index in [0.29, 0.717) is 28.8 Å². The van der Waals surface area contributed by atoms with Crippen molar-refractivity contribution in [2.45, 2.75) is 18.9 Å². The first kappa shape index (κ1) is 17.4. The van der Waals surface area contributed by atoms with Crippen molar-refractivity contribution < 1.29 is 14.3 Å². The number of urea groups is 1. The number of amides is 2. The number of halogens is 1. The van der Waals surface area contributed by atoms with Crippen LogP contribution in [0.15, 0.2) is 42.5 Å². The van der Waals surface area contributed by atoms with E-state index < -0.39 is 0 Å². The quantitative estimate of drug-likeness (QED) is 0.857. The largest absolute Gasteiger partial charge is 0.497 e. The van der Waals surface area contributed by atoms with Crippen molar-refractivity contribution in [3.8, 4) is 11.5 Å². The number of hydrogen-bond donors (Lipinski definition) is 1. The molecule has 0 bridgehead atoms. The molecule has 0 radical (unpaired) electrons. The molecule has 1 aliphatic rings. The normalized spacial score (nSPS) is 16.6. The number of benzene rings is 2. The number of anilines is 1. The van der Waals surface area contributed by atoms with Gasteiger partial charge in [-0.2, -0.15) is 0 Å². The summed E-state index contributed by atoms with van der Waals surface area (Å²) < 4.78 is 10.6. The smallest absolute Gasteiger partial charge is 0.322 e. The summed E-state index contributed by atoms with van der Waals surface area (Å²) in [6, 6.07) is 12.8. The van der Waals surface area contributed by atoms with Gasteiger partial charge in [0.05, 0.1) is 25.9 Å². The number of methoxy groups -OCH3 is 2. The second-order valence-corrected chi connectivity index (χ2v) is 6.28. The molecule has 1 N–H and O–H groups in total. The molecular formula is C19H21ClN2O3. The summed E-state index contributed by atoms with van der Waals surface area (Å²) in [5.41, 5.74) is 1.56. The van der Waals surface area contributed by atoms with Crippen LogP contribution in [-0.4, -0.2) is 31.7 Å². The van der Waals surface area contributed by atoms with Gasteiger partial charge in [-0.05, 0) is 36.6 Å². The first-order valence-electron chi connectivity index (χ1n) is 8.18. The van der Waals surface area contributed by atoms with E-state index in [4.69, 9.17) is 21.1 Å². The van der Waals surface area contributed by atoms with Crippen LogP contribution in [0, 0.1) is 0 Å². The number of carbonyl (C=O) groups excluding carboxylic acids is 1. The van der Waals surface area contributed by atoms with E-state index in [1.165, 1.54) is 0 Å². The van der Waals surface area contributed by atoms with Gasteiger partial charge >= 0.3 is 6.03 Å². The zero-order valence-corrected chi connectivity index (χ0v) is 15.0. The zero-order chi connectivity index (χ0) is 17.8. The van der Waals surface area contributed by atoms with Crippen LogP contribution in [0.5, 0.6) is 11.5 Å². The maximum atomic E-state index is 12.9. The third kappa shape index (κ3) is 3.66. The van der Waals surface area contributed by atoms with Gasteiger partial charge in [-0.1, -0.05) is 29.8 Å². The molecule has 0 aliphatic carbocycles. The lowest BCUT2D eigenvalue weighted by molar-refractivity contribution is 0.207. The summed E-state index contributed by atoms with van der Waals surface area (Å²) in [4.78, 5) is 14.7. The Hall–Kier alpha value is -2.40. The Morgan fingerprint density at radius 3 is 2.72 bits per heavy atom. The highest BCUT2D eigenvalue weighted by Gasteiger charge is 2.31. The van der Waals surface area contributed by atoms with Crippen molar-refractivity contribution in [2.75, 3.05) is 26.1 Å². The van der Waals surface area contributed by atoms with Crippen LogP contribution in [-0.2, 0) is 0 Å². The molecule has 1 heterocycles. The molecule has 1 fully saturated rings. The van der Waals surface area contributed by atoms with Crippen LogP contribution in [0.2, 0.25) is 5.02 Å². The lowest BCUT2D eigenvalue weighted by Gasteiger charge is -2.26. The molecule has 132 valence electrons. The molecule has 2 amide bonds. The maximum absolute atomic E-state index is 12.9. The molecule has 2 aromatic carbocycles. The molecule has 25 heavy (non-hydrogen) atoms. The first-order valence-corrected chi connectivity index (χ1v) is 8.56. The Bertz CT molecular complexity index is 766. The SMILES string of the molecule is COc1ccc(OC)c(NC(=O)N2CCCC2c2ccccc2Cl)c1. The summed E-state index contributed by atoms with van der Waals surface area (Å²) in [6.07, 6.45) is 1.84. The molecule has 1 atom stereocenters. The predicted molar refractivity (Wildman–Crippen MR) is 98.7 cm³/mol. The summed E-state index contributed by atoms with van der Waals surface area (Å²) in [6.45, 7) is 0.688. The molecule has 6 heteroatoms. The maximum Gasteiger partial charge on any atom is 0.322 e. The number of rotatable bonds is 4. The van der Waals surface area contributed by atoms with Crippen LogP contribution in [0.25, 0.3) is 0 Å². The molecule has 0 aromatic heterocycles. The fourth-order valence-electron chi connectivity index (χ4n) is 3.18. The van der Waals surface area contributed by atoms with Crippen LogP contribution in [0.3, 0.4) is 0 Å². The number of ether oxygens (including phenoxy) is 2. The van der Waals surface area contributed by atoms with Crippen molar-refractivity contribution in [3.05, 3.63) is 53.1 Å². The standard InChI is InChI=1S/C19H21ClN2O3/c1-24-13-9-10-18(25-2)16(12-13)21-19(23)22-11-5-8-17(22)14-6-3-4-7-15(14)20/h3-4,6-7,9-10,12,17H,5,8,11H2,1-2H3,(H,21,23). The van der Waals surface area contributed by atoms with E-state index in [1.807, 2.05) is 29.2 Å². The van der Waals surface area contributed by atoms with Gasteiger partial charge < -0.3 is 19.7 Å². The molecule has 0 spiro atoms. The van der Waals surface area contributed by atoms with Gasteiger partial charge in [0.25, 0.3) is 0 Å². The van der Waals surface area contributed by atoms with Gasteiger partial charge in [0.2, 0.25) is 0 Å². The molecule has 2 aromatic rings. The number of nitrogens with one attached hydrogen (secondary N) is 1. The third-order valence-corrected chi connectivity index (χ3v) is 4.77. The Kier molecular flexibility index (Phi) is 5.34. The van der Waals surface area contributed by atoms with Crippen LogP contribution < -0.4 is 14.8 Å². The van der Waals surface area contributed by atoms with E-state index in [9.17, 15) is 4.79 Å². The highest BCUT2D eigenvalue weighted by Crippen LogP contribution is 2.37. The molecule has 0 saturated carbocycles. The van der Waals surface area contributed by atoms with Gasteiger partial charge in [0, 0.05) is 17.6 Å². The second-order valence-electron chi connectivity index (χ2n) is 5.87. The van der Waals surface area contributed by atoms with Crippen LogP contribution in [0.4, 0.5) is 10.5 Å². The monoisotopic (exact) mass is 360 g/mol. The lowest BCUT2D eigenvalue weighted by atomic mass is 10.0. The molecule has 1 aliphatic heterocycles. The van der Waals surface area contributed by atoms with Gasteiger partial charge in [-0.25, -0.2) is 4.79 Å². The predicted octanol–water partition coefficient (Wildman–Crippen LogP) is 4.73. The molecular weight excluding hydrogens is 340 g/mol. The van der Waals surface area contributed by atoms with Gasteiger partial charge in [0.1, 0.15) is 11.5 Å². The highest BCUT2D eigenvalue weighted by molar-refractivity contribution is 6.31. The minimum Gasteiger partial charge on any atom is -0.497 e. The zero-order valence-electron chi connectivity index (χ0n) is 14.3. The van der Waals surface area contributed by atoms with Crippen molar-refractivity contribution >= 4 is 23.3 Å². The topological polar surface area (TPSA) is 50.8 Å². The minimum atomic E-state index is -0.172. The second kappa shape index (κ2) is 7.66. The number of nitrogens with zero attached hydrogens (tertiary/aromatic N) is 1. The average Bonchev–Trinajstić information content (AvgIpc) is 3.11. The Morgan fingerprint density at radius 2 is 2.00 bits per heavy atom. The minimum absolute atomic E-state index is 0.0229. The van der Waals surface area contributed by atoms with Crippen molar-refractivity contribution in [3.63, 3.8) is 0 Å². The lowest BCUT2D eigenvalue weighted by Crippen LogP contribution is -2.34. The van der Waals surface area contributed by atoms with Gasteiger partial charge in [-0.3, -0.25) is 0 Å². The number of hydrogen-bond acceptors (Lipinski definition) is 3.